The van der Waals surface area contributed by atoms with Crippen LogP contribution in [0.5, 0.6) is 0 Å². The smallest absolute Gasteiger partial charge is 0.329 e. The Morgan fingerprint density at radius 2 is 1.12 bits per heavy atom. The van der Waals surface area contributed by atoms with Crippen LogP contribution in [0.3, 0.4) is 0 Å². The number of carbonyl (C=O) groups is 4. The average molecular weight is 1030 g/mol. The van der Waals surface area contributed by atoms with Crippen LogP contribution in [0.15, 0.2) is 97.1 Å². The maximum atomic E-state index is 12.7. The fourth-order valence-electron chi connectivity index (χ4n) is 5.65. The van der Waals surface area contributed by atoms with Gasteiger partial charge in [0, 0.05) is 34.0 Å². The van der Waals surface area contributed by atoms with Crippen molar-refractivity contribution in [1.82, 2.24) is 31.4 Å². The number of nitrogens with two attached hydrogens (primary N) is 1. The molecule has 0 aliphatic rings. The number of amides is 3. The van der Waals surface area contributed by atoms with E-state index < -0.39 is 41.1 Å². The first kappa shape index (κ1) is 56.1. The van der Waals surface area contributed by atoms with Crippen molar-refractivity contribution in [2.45, 2.75) is 64.8 Å². The molecular weight excluding hydrogens is 976 g/mol. The lowest BCUT2D eigenvalue weighted by Crippen LogP contribution is -2.56. The van der Waals surface area contributed by atoms with E-state index in [-0.39, 0.29) is 23.1 Å². The van der Waals surface area contributed by atoms with E-state index in [1.807, 2.05) is 17.6 Å². The molecule has 1 heterocycles. The third-order valence-electron chi connectivity index (χ3n) is 9.47. The molecule has 364 valence electrons. The quantitative estimate of drug-likeness (QED) is 0.0203. The molecule has 0 aliphatic carbocycles. The summed E-state index contributed by atoms with van der Waals surface area (Å²) < 4.78 is 0. The molecule has 0 unspecified atom stereocenters. The minimum absolute atomic E-state index is 0. The number of aromatic nitrogens is 3. The number of carbonyl (C=O) groups excluding carboxylic acids is 3. The zero-order chi connectivity index (χ0) is 51.8. The van der Waals surface area contributed by atoms with Gasteiger partial charge < -0.3 is 31.2 Å². The summed E-state index contributed by atoms with van der Waals surface area (Å²) in [6.45, 7) is 23.2. The molecular formula is C46H49Cl4N11O8. The van der Waals surface area contributed by atoms with E-state index in [4.69, 9.17) is 75.7 Å². The van der Waals surface area contributed by atoms with Crippen molar-refractivity contribution >= 4 is 104 Å². The molecule has 1 aromatic heterocycles. The number of para-hydroxylation sites is 1. The van der Waals surface area contributed by atoms with Gasteiger partial charge in [-0.2, -0.15) is 0 Å². The number of anilines is 2. The van der Waals surface area contributed by atoms with Crippen LogP contribution in [0.2, 0.25) is 20.1 Å². The molecule has 3 amide bonds. The Hall–Kier alpha value is -7.20. The third-order valence-corrected chi connectivity index (χ3v) is 10.9. The minimum atomic E-state index is -1.48. The number of aliphatic hydroxyl groups is 2. The fourth-order valence-corrected chi connectivity index (χ4v) is 6.31. The molecule has 5 aromatic carbocycles. The van der Waals surface area contributed by atoms with Crippen LogP contribution in [0.25, 0.3) is 20.7 Å². The summed E-state index contributed by atoms with van der Waals surface area (Å²) in [4.78, 5) is 54.2. The van der Waals surface area contributed by atoms with Gasteiger partial charge in [0.2, 0.25) is 11.4 Å². The highest BCUT2D eigenvalue weighted by atomic mass is 35.5. The summed E-state index contributed by atoms with van der Waals surface area (Å²) >= 11 is 23.6. The fraction of sp³-hybridized carbons (Fsp3) is 0.217. The van der Waals surface area contributed by atoms with E-state index >= 15 is 0 Å². The lowest BCUT2D eigenvalue weighted by atomic mass is 9.97. The van der Waals surface area contributed by atoms with Crippen molar-refractivity contribution in [3.05, 3.63) is 162 Å². The van der Waals surface area contributed by atoms with Crippen molar-refractivity contribution in [2.75, 3.05) is 10.6 Å². The summed E-state index contributed by atoms with van der Waals surface area (Å²) in [5.41, 5.74) is 8.52. The van der Waals surface area contributed by atoms with Crippen LogP contribution >= 0.6 is 46.4 Å². The number of nitrogens with one attached hydrogen (secondary N) is 5. The average Bonchev–Trinajstić information content (AvgIpc) is 3.69. The van der Waals surface area contributed by atoms with Gasteiger partial charge in [-0.05, 0) is 131 Å². The number of halogens is 4. The summed E-state index contributed by atoms with van der Waals surface area (Å²) in [5.74, 6) is 2.22. The lowest BCUT2D eigenvalue weighted by Gasteiger charge is -2.30. The number of carboxylic acid groups (broad SMARTS) is 1. The van der Waals surface area contributed by atoms with E-state index in [0.717, 1.165) is 4.85 Å². The minimum Gasteiger partial charge on any atom is -0.480 e. The maximum absolute atomic E-state index is 12.7. The molecule has 0 bridgehead atoms. The van der Waals surface area contributed by atoms with E-state index in [1.165, 1.54) is 52.0 Å². The molecule has 23 heteroatoms. The van der Waals surface area contributed by atoms with Crippen LogP contribution in [-0.4, -0.2) is 82.7 Å². The van der Waals surface area contributed by atoms with Gasteiger partial charge in [0.25, 0.3) is 17.7 Å². The molecule has 6 aromatic rings. The molecule has 0 saturated carbocycles. The Morgan fingerprint density at radius 3 is 1.52 bits per heavy atom. The predicted octanol–water partition coefficient (Wildman–Crippen LogP) is 8.56. The van der Waals surface area contributed by atoms with Crippen molar-refractivity contribution < 1.29 is 41.1 Å². The zero-order valence-electron chi connectivity index (χ0n) is 37.6. The van der Waals surface area contributed by atoms with Crippen LogP contribution in [0.1, 0.15) is 61.0 Å². The largest absolute Gasteiger partial charge is 0.480 e. The number of nitrogen functional groups attached to an aromatic ring is 1. The Balaban J connectivity index is 0.000000349. The Bertz CT molecular complexity index is 2860. The first-order valence-corrected chi connectivity index (χ1v) is 21.5. The third kappa shape index (κ3) is 16.2. The molecule has 0 saturated heterocycles. The number of hydrazine groups is 2. The molecule has 6 rings (SSSR count). The molecule has 0 aliphatic heterocycles. The Labute approximate surface area is 418 Å². The highest BCUT2D eigenvalue weighted by molar-refractivity contribution is 6.35. The lowest BCUT2D eigenvalue weighted by molar-refractivity contribution is -0.142. The topological polar surface area (TPSA) is 275 Å². The van der Waals surface area contributed by atoms with Gasteiger partial charge in [-0.25, -0.2) is 20.3 Å². The molecule has 11 N–H and O–H groups in total. The predicted molar refractivity (Wildman–Crippen MR) is 267 cm³/mol. The maximum Gasteiger partial charge on any atom is 0.329 e. The van der Waals surface area contributed by atoms with E-state index in [0.29, 0.717) is 60.4 Å². The molecule has 19 nitrogen and oxygen atoms in total. The van der Waals surface area contributed by atoms with Crippen molar-refractivity contribution in [3.63, 3.8) is 0 Å². The second kappa shape index (κ2) is 25.2. The summed E-state index contributed by atoms with van der Waals surface area (Å²) in [6, 6.07) is 23.7. The Kier molecular flexibility index (Phi) is 20.5. The number of aliphatic carboxylic acids is 1. The van der Waals surface area contributed by atoms with Crippen molar-refractivity contribution in [2.24, 2.45) is 5.84 Å². The molecule has 0 spiro atoms. The number of carboxylic acids is 1. The van der Waals surface area contributed by atoms with Gasteiger partial charge in [0.05, 0.1) is 34.4 Å². The number of nitrogens with zero attached hydrogens (tertiary/aromatic N) is 5. The van der Waals surface area contributed by atoms with Crippen LogP contribution in [-0.2, 0) is 9.59 Å². The van der Waals surface area contributed by atoms with Gasteiger partial charge in [-0.3, -0.25) is 30.7 Å². The van der Waals surface area contributed by atoms with Crippen molar-refractivity contribution in [1.29, 1.82) is 0 Å². The normalized spacial score (nSPS) is 11.5. The first-order chi connectivity index (χ1) is 32.3. The number of benzene rings is 5. The van der Waals surface area contributed by atoms with Crippen molar-refractivity contribution in [3.8, 4) is 0 Å². The highest BCUT2D eigenvalue weighted by Crippen LogP contribution is 2.35. The Morgan fingerprint density at radius 1 is 0.681 bits per heavy atom. The zero-order valence-corrected chi connectivity index (χ0v) is 40.7. The molecule has 69 heavy (non-hydrogen) atoms. The van der Waals surface area contributed by atoms with Crippen LogP contribution in [0.4, 0.5) is 22.7 Å². The summed E-state index contributed by atoms with van der Waals surface area (Å²) in [6.07, 6.45) is 0. The van der Waals surface area contributed by atoms with Gasteiger partial charge in [-0.15, -0.1) is 5.10 Å². The van der Waals surface area contributed by atoms with Crippen LogP contribution < -0.4 is 32.8 Å². The van der Waals surface area contributed by atoms with Gasteiger partial charge in [-0.1, -0.05) is 75.5 Å². The summed E-state index contributed by atoms with van der Waals surface area (Å²) in [5, 5.41) is 52.8. The number of fused-ring (bicyclic) bond motifs is 1. The van der Waals surface area contributed by atoms with Gasteiger partial charge >= 0.3 is 5.97 Å². The summed E-state index contributed by atoms with van der Waals surface area (Å²) in [7, 11) is 0. The van der Waals surface area contributed by atoms with Crippen LogP contribution in [0, 0.1) is 27.0 Å². The second-order valence-corrected chi connectivity index (χ2v) is 17.2. The standard InChI is InChI=1S/C20H20Cl2N4O3.C13H15ClN2O3.C7H7ClN2O.C6H5N3O.H2/c1-11-14(9-10-15(23-4)16(11)22)24-17(20(2,3)29)19(28)26-25-18(27)12-5-7-13(21)8-6-12;1-7-8(5-6-9(15-4)10(7)14)16-11(12(17)18)13(2,3)19;8-6-3-1-5(2-4-6)7(11)10-9;10-9-6-4-2-1-3-5(6)7-8-9;/h5-10,17,24,29H,1-3H3,(H,25,27)(H,26,28);5-6,11,16,19H,1-3H3,(H,17,18);1-4H,9H2,(H,10,11);1-4,10H;1H/t17-;11-;;;/m00.../s1. The molecule has 0 fully saturated rings. The number of rotatable bonds is 10. The SMILES string of the molecule is NNC(=O)c1ccc(Cl)cc1.On1nnc2ccccc21.[C-]#[N+]c1ccc(N[C@@H](C(=O)NNC(=O)c2ccc(Cl)cc2)C(C)(C)O)c(C)c1Cl.[C-]#[N+]c1ccc(N[C@@H](C(=O)O)C(C)(C)O)c(C)c1Cl.[HH]. The van der Waals surface area contributed by atoms with Gasteiger partial charge in [0.15, 0.2) is 6.04 Å². The molecule has 0 radical (unpaired) electrons. The van der Waals surface area contributed by atoms with E-state index in [1.54, 1.807) is 74.5 Å². The monoisotopic (exact) mass is 1020 g/mol. The molecule has 2 atom stereocenters. The van der Waals surface area contributed by atoms with Gasteiger partial charge in [0.1, 0.15) is 17.1 Å². The number of hydrogen-bond donors (Lipinski definition) is 10. The van der Waals surface area contributed by atoms with E-state index in [2.05, 4.69) is 41.5 Å². The number of hydrogen-bond acceptors (Lipinski definition) is 12. The second-order valence-electron chi connectivity index (χ2n) is 15.6. The van der Waals surface area contributed by atoms with E-state index in [9.17, 15) is 29.4 Å². The highest BCUT2D eigenvalue weighted by Gasteiger charge is 2.35. The first-order valence-electron chi connectivity index (χ1n) is 20.0.